The second-order valence-electron chi connectivity index (χ2n) is 6.82. The zero-order valence-corrected chi connectivity index (χ0v) is 15.7. The predicted octanol–water partition coefficient (Wildman–Crippen LogP) is 1.69. The van der Waals surface area contributed by atoms with E-state index in [1.807, 2.05) is 4.90 Å². The lowest BCUT2D eigenvalue weighted by molar-refractivity contribution is 0.0740. The molecule has 29 heavy (non-hydrogen) atoms. The van der Waals surface area contributed by atoms with Crippen molar-refractivity contribution < 1.29 is 22.7 Å². The van der Waals surface area contributed by atoms with Gasteiger partial charge >= 0.3 is 0 Å². The van der Waals surface area contributed by atoms with Crippen molar-refractivity contribution in [2.45, 2.75) is 0 Å². The summed E-state index contributed by atoms with van der Waals surface area (Å²) in [5, 5.41) is 0. The maximum atomic E-state index is 13.9. The Kier molecular flexibility index (Phi) is 5.52. The highest BCUT2D eigenvalue weighted by Crippen LogP contribution is 2.20. The molecule has 2 aliphatic heterocycles. The molecule has 1 aromatic heterocycles. The highest BCUT2D eigenvalue weighted by molar-refractivity contribution is 5.94. The van der Waals surface area contributed by atoms with Gasteiger partial charge in [-0.15, -0.1) is 0 Å². The first kappa shape index (κ1) is 19.4. The van der Waals surface area contributed by atoms with Crippen LogP contribution in [0.5, 0.6) is 0 Å². The average Bonchev–Trinajstić information content (AvgIpc) is 2.78. The molecule has 0 N–H and O–H groups in total. The summed E-state index contributed by atoms with van der Waals surface area (Å²) in [6, 6.07) is 3.54. The zero-order valence-electron chi connectivity index (χ0n) is 15.7. The highest BCUT2D eigenvalue weighted by Gasteiger charge is 2.27. The van der Waals surface area contributed by atoms with Gasteiger partial charge in [-0.2, -0.15) is 4.98 Å². The van der Waals surface area contributed by atoms with Gasteiger partial charge in [0.1, 0.15) is 5.82 Å². The minimum Gasteiger partial charge on any atom is -0.378 e. The van der Waals surface area contributed by atoms with E-state index in [0.717, 1.165) is 31.0 Å². The minimum absolute atomic E-state index is 0.314. The fourth-order valence-corrected chi connectivity index (χ4v) is 3.43. The number of rotatable bonds is 3. The monoisotopic (exact) mass is 407 g/mol. The number of hydrogen-bond donors (Lipinski definition) is 0. The quantitative estimate of drug-likeness (QED) is 0.722. The maximum absolute atomic E-state index is 13.9. The Morgan fingerprint density at radius 3 is 2.34 bits per heavy atom. The van der Waals surface area contributed by atoms with E-state index in [9.17, 15) is 18.0 Å². The van der Waals surface area contributed by atoms with Gasteiger partial charge in [0.25, 0.3) is 5.91 Å². The fraction of sp³-hybridized carbons (Fsp3) is 0.421. The van der Waals surface area contributed by atoms with E-state index in [1.165, 1.54) is 4.90 Å². The lowest BCUT2D eigenvalue weighted by Gasteiger charge is -2.36. The molecule has 0 bridgehead atoms. The van der Waals surface area contributed by atoms with Gasteiger partial charge in [0, 0.05) is 45.5 Å². The van der Waals surface area contributed by atoms with Crippen LogP contribution in [0.1, 0.15) is 10.4 Å². The molecule has 4 rings (SSSR count). The molecule has 1 aromatic carbocycles. The number of aromatic nitrogens is 2. The molecule has 2 saturated heterocycles. The van der Waals surface area contributed by atoms with Gasteiger partial charge in [-0.25, -0.2) is 18.2 Å². The van der Waals surface area contributed by atoms with E-state index >= 15 is 0 Å². The van der Waals surface area contributed by atoms with E-state index in [4.69, 9.17) is 4.74 Å². The number of carbonyl (C=O) groups excluding carboxylic acids is 1. The van der Waals surface area contributed by atoms with Crippen LogP contribution in [0, 0.1) is 17.5 Å². The van der Waals surface area contributed by atoms with Crippen molar-refractivity contribution in [2.24, 2.45) is 0 Å². The Morgan fingerprint density at radius 1 is 0.897 bits per heavy atom. The number of anilines is 2. The second-order valence-corrected chi connectivity index (χ2v) is 6.82. The summed E-state index contributed by atoms with van der Waals surface area (Å²) in [6.45, 7) is 4.32. The number of ether oxygens (including phenoxy) is 1. The summed E-state index contributed by atoms with van der Waals surface area (Å²) in [6.07, 6.45) is 1.70. The predicted molar refractivity (Wildman–Crippen MR) is 99.5 cm³/mol. The van der Waals surface area contributed by atoms with Crippen molar-refractivity contribution in [2.75, 3.05) is 62.3 Å². The van der Waals surface area contributed by atoms with Crippen LogP contribution >= 0.6 is 0 Å². The Morgan fingerprint density at radius 2 is 1.62 bits per heavy atom. The van der Waals surface area contributed by atoms with Crippen LogP contribution in [0.15, 0.2) is 24.4 Å². The van der Waals surface area contributed by atoms with Crippen LogP contribution in [0.4, 0.5) is 24.9 Å². The number of piperazine rings is 1. The summed E-state index contributed by atoms with van der Waals surface area (Å²) in [4.78, 5) is 27.0. The average molecular weight is 407 g/mol. The van der Waals surface area contributed by atoms with E-state index in [-0.39, 0.29) is 0 Å². The van der Waals surface area contributed by atoms with Crippen LogP contribution in [0.25, 0.3) is 0 Å². The fourth-order valence-electron chi connectivity index (χ4n) is 3.43. The first-order valence-corrected chi connectivity index (χ1v) is 9.38. The summed E-state index contributed by atoms with van der Waals surface area (Å²) in [5.41, 5.74) is -0.464. The number of amides is 1. The van der Waals surface area contributed by atoms with Crippen LogP contribution in [0.3, 0.4) is 0 Å². The molecule has 0 unspecified atom stereocenters. The number of benzene rings is 1. The van der Waals surface area contributed by atoms with Gasteiger partial charge in [0.15, 0.2) is 17.5 Å². The molecule has 0 spiro atoms. The van der Waals surface area contributed by atoms with Gasteiger partial charge in [0.05, 0.1) is 18.8 Å². The largest absolute Gasteiger partial charge is 0.378 e. The molecule has 0 aliphatic carbocycles. The van der Waals surface area contributed by atoms with E-state index < -0.39 is 28.9 Å². The number of nitrogens with zero attached hydrogens (tertiary/aromatic N) is 5. The standard InChI is InChI=1S/C19H20F3N5O2/c20-14-2-1-13(16(21)17(14)22)18(28)26-7-5-25(6-8-26)15-3-4-23-19(24-15)27-9-11-29-12-10-27/h1-4H,5-12H2. The van der Waals surface area contributed by atoms with Gasteiger partial charge in [0.2, 0.25) is 5.95 Å². The molecule has 2 fully saturated rings. The van der Waals surface area contributed by atoms with Crippen LogP contribution in [-0.4, -0.2) is 73.3 Å². The molecular weight excluding hydrogens is 387 g/mol. The van der Waals surface area contributed by atoms with Crippen molar-refractivity contribution in [1.82, 2.24) is 14.9 Å². The number of morpholine rings is 1. The van der Waals surface area contributed by atoms with E-state index in [2.05, 4.69) is 14.9 Å². The smallest absolute Gasteiger partial charge is 0.257 e. The first-order chi connectivity index (χ1) is 14.0. The lowest BCUT2D eigenvalue weighted by atomic mass is 10.1. The third-order valence-electron chi connectivity index (χ3n) is 5.08. The Labute approximate surface area is 165 Å². The zero-order chi connectivity index (χ0) is 20.4. The van der Waals surface area contributed by atoms with Crippen molar-refractivity contribution >= 4 is 17.7 Å². The van der Waals surface area contributed by atoms with Gasteiger partial charge in [-0.05, 0) is 18.2 Å². The SMILES string of the molecule is O=C(c1ccc(F)c(F)c1F)N1CCN(c2ccnc(N3CCOCC3)n2)CC1. The molecule has 1 amide bonds. The lowest BCUT2D eigenvalue weighted by Crippen LogP contribution is -2.49. The van der Waals surface area contributed by atoms with Crippen molar-refractivity contribution in [1.29, 1.82) is 0 Å². The summed E-state index contributed by atoms with van der Waals surface area (Å²) < 4.78 is 45.8. The number of carbonyl (C=O) groups is 1. The molecule has 2 aromatic rings. The molecular formula is C19H20F3N5O2. The van der Waals surface area contributed by atoms with Crippen molar-refractivity contribution in [3.63, 3.8) is 0 Å². The molecule has 2 aliphatic rings. The third kappa shape index (κ3) is 3.98. The van der Waals surface area contributed by atoms with E-state index in [0.29, 0.717) is 45.3 Å². The van der Waals surface area contributed by atoms with Gasteiger partial charge < -0.3 is 19.4 Å². The Hall–Kier alpha value is -2.88. The van der Waals surface area contributed by atoms with Crippen LogP contribution in [-0.2, 0) is 4.74 Å². The van der Waals surface area contributed by atoms with Crippen molar-refractivity contribution in [3.8, 4) is 0 Å². The highest BCUT2D eigenvalue weighted by atomic mass is 19.2. The Bertz CT molecular complexity index is 899. The molecule has 0 saturated carbocycles. The molecule has 3 heterocycles. The van der Waals surface area contributed by atoms with Crippen molar-refractivity contribution in [3.05, 3.63) is 47.4 Å². The molecule has 0 radical (unpaired) electrons. The second kappa shape index (κ2) is 8.24. The summed E-state index contributed by atoms with van der Waals surface area (Å²) in [5.74, 6) is -3.68. The third-order valence-corrected chi connectivity index (χ3v) is 5.08. The van der Waals surface area contributed by atoms with Gasteiger partial charge in [-0.1, -0.05) is 0 Å². The van der Waals surface area contributed by atoms with E-state index in [1.54, 1.807) is 12.3 Å². The Balaban J connectivity index is 1.42. The normalized spacial score (nSPS) is 17.6. The summed E-state index contributed by atoms with van der Waals surface area (Å²) in [7, 11) is 0. The molecule has 7 nitrogen and oxygen atoms in total. The van der Waals surface area contributed by atoms with Crippen LogP contribution in [0.2, 0.25) is 0 Å². The topological polar surface area (TPSA) is 61.8 Å². The van der Waals surface area contributed by atoms with Crippen LogP contribution < -0.4 is 9.80 Å². The number of halogens is 3. The van der Waals surface area contributed by atoms with Gasteiger partial charge in [-0.3, -0.25) is 4.79 Å². The molecule has 10 heteroatoms. The molecule has 154 valence electrons. The maximum Gasteiger partial charge on any atom is 0.257 e. The number of hydrogen-bond acceptors (Lipinski definition) is 6. The summed E-state index contributed by atoms with van der Waals surface area (Å²) >= 11 is 0. The first-order valence-electron chi connectivity index (χ1n) is 9.38. The minimum atomic E-state index is -1.63. The molecule has 0 atom stereocenters.